The van der Waals surface area contributed by atoms with E-state index in [9.17, 15) is 14.7 Å². The number of ether oxygens (including phenoxy) is 1. The van der Waals surface area contributed by atoms with Gasteiger partial charge in [-0.1, -0.05) is 32.1 Å². The Bertz CT molecular complexity index is 815. The molecule has 8 heteroatoms. The molecule has 174 valence electrons. The van der Waals surface area contributed by atoms with Crippen molar-refractivity contribution in [1.82, 2.24) is 20.1 Å². The van der Waals surface area contributed by atoms with E-state index in [-0.39, 0.29) is 0 Å². The number of pyridine rings is 1. The molecule has 0 spiro atoms. The number of hydrogen-bond donors (Lipinski definition) is 2. The van der Waals surface area contributed by atoms with Gasteiger partial charge in [0, 0.05) is 37.1 Å². The molecule has 2 N–H and O–H groups in total. The molecular formula is C24H34N4O4. The molecule has 0 atom stereocenters. The van der Waals surface area contributed by atoms with Crippen LogP contribution in [0.1, 0.15) is 69.2 Å². The number of rotatable bonds is 14. The number of likely N-dealkylation sites (tertiary alicyclic amines) is 1. The maximum atomic E-state index is 11.8. The lowest BCUT2D eigenvalue weighted by Crippen LogP contribution is -2.43. The predicted molar refractivity (Wildman–Crippen MR) is 120 cm³/mol. The molecule has 2 aromatic heterocycles. The summed E-state index contributed by atoms with van der Waals surface area (Å²) in [6, 6.07) is 5.87. The summed E-state index contributed by atoms with van der Waals surface area (Å²) in [5, 5.41) is 16.6. The van der Waals surface area contributed by atoms with Crippen molar-refractivity contribution in [3.63, 3.8) is 0 Å². The number of nitrogens with one attached hydrogen (secondary N) is 1. The van der Waals surface area contributed by atoms with Crippen LogP contribution in [0.5, 0.6) is 5.75 Å². The van der Waals surface area contributed by atoms with Crippen molar-refractivity contribution < 1.29 is 19.4 Å². The molecule has 1 amide bonds. The first-order valence-corrected chi connectivity index (χ1v) is 11.6. The van der Waals surface area contributed by atoms with E-state index in [4.69, 9.17) is 4.74 Å². The molecule has 8 nitrogen and oxygen atoms in total. The van der Waals surface area contributed by atoms with E-state index in [0.717, 1.165) is 68.5 Å². The van der Waals surface area contributed by atoms with Crippen LogP contribution < -0.4 is 4.74 Å². The number of aromatic nitrogens is 3. The van der Waals surface area contributed by atoms with Gasteiger partial charge in [-0.05, 0) is 43.9 Å². The van der Waals surface area contributed by atoms with Gasteiger partial charge in [0.15, 0.2) is 0 Å². The summed E-state index contributed by atoms with van der Waals surface area (Å²) in [6.45, 7) is 1.79. The van der Waals surface area contributed by atoms with Crippen LogP contribution in [0.2, 0.25) is 0 Å². The number of aliphatic carboxylic acids is 1. The first-order valence-electron chi connectivity index (χ1n) is 11.6. The SMILES string of the molecule is O=CN1CCC(CCCCCCCCOc2ccc(Cc3ccn[nH]3)nc2)(C(=O)O)CC1. The summed E-state index contributed by atoms with van der Waals surface area (Å²) in [4.78, 5) is 28.8. The molecule has 2 aromatic rings. The minimum Gasteiger partial charge on any atom is -0.492 e. The summed E-state index contributed by atoms with van der Waals surface area (Å²) < 4.78 is 5.78. The molecular weight excluding hydrogens is 408 g/mol. The maximum absolute atomic E-state index is 11.8. The van der Waals surface area contributed by atoms with Gasteiger partial charge >= 0.3 is 5.97 Å². The van der Waals surface area contributed by atoms with Crippen LogP contribution in [0.3, 0.4) is 0 Å². The second kappa shape index (κ2) is 12.2. The van der Waals surface area contributed by atoms with Crippen molar-refractivity contribution >= 4 is 12.4 Å². The van der Waals surface area contributed by atoms with E-state index >= 15 is 0 Å². The number of carbonyl (C=O) groups excluding carboxylic acids is 1. The van der Waals surface area contributed by atoms with Gasteiger partial charge in [-0.3, -0.25) is 19.7 Å². The van der Waals surface area contributed by atoms with Gasteiger partial charge < -0.3 is 14.7 Å². The number of hydrogen-bond acceptors (Lipinski definition) is 5. The standard InChI is InChI=1S/C24H34N4O4/c29-19-28-14-11-24(12-15-28,23(30)31)10-5-3-1-2-4-6-16-32-22-8-7-20(25-18-22)17-21-9-13-26-27-21/h7-9,13,18-19H,1-6,10-12,14-17H2,(H,26,27)(H,30,31). The lowest BCUT2D eigenvalue weighted by Gasteiger charge is -2.37. The molecule has 1 saturated heterocycles. The summed E-state index contributed by atoms with van der Waals surface area (Å²) in [7, 11) is 0. The van der Waals surface area contributed by atoms with Gasteiger partial charge in [-0.2, -0.15) is 5.10 Å². The van der Waals surface area contributed by atoms with Gasteiger partial charge in [0.05, 0.1) is 18.2 Å². The number of carbonyl (C=O) groups is 2. The second-order valence-corrected chi connectivity index (χ2v) is 8.69. The van der Waals surface area contributed by atoms with E-state index in [1.165, 1.54) is 0 Å². The normalized spacial score (nSPS) is 15.4. The van der Waals surface area contributed by atoms with Gasteiger partial charge in [0.25, 0.3) is 0 Å². The first kappa shape index (κ1) is 23.8. The molecule has 0 bridgehead atoms. The van der Waals surface area contributed by atoms with Crippen LogP contribution in [0.25, 0.3) is 0 Å². The average molecular weight is 443 g/mol. The third kappa shape index (κ3) is 7.07. The Morgan fingerprint density at radius 3 is 2.50 bits per heavy atom. The Kier molecular flexibility index (Phi) is 9.07. The van der Waals surface area contributed by atoms with Crippen molar-refractivity contribution in [3.05, 3.63) is 42.0 Å². The third-order valence-electron chi connectivity index (χ3n) is 6.40. The first-order chi connectivity index (χ1) is 15.6. The molecule has 1 aliphatic heterocycles. The number of H-pyrrole nitrogens is 1. The molecule has 1 fully saturated rings. The maximum Gasteiger partial charge on any atom is 0.309 e. The van der Waals surface area contributed by atoms with Crippen molar-refractivity contribution in [3.8, 4) is 5.75 Å². The number of aromatic amines is 1. The van der Waals surface area contributed by atoms with Crippen molar-refractivity contribution in [2.75, 3.05) is 19.7 Å². The fourth-order valence-electron chi connectivity index (χ4n) is 4.27. The van der Waals surface area contributed by atoms with Crippen LogP contribution in [0.4, 0.5) is 0 Å². The summed E-state index contributed by atoms with van der Waals surface area (Å²) >= 11 is 0. The molecule has 3 heterocycles. The number of piperidine rings is 1. The number of unbranched alkanes of at least 4 members (excludes halogenated alkanes) is 5. The number of amides is 1. The molecule has 0 aliphatic carbocycles. The van der Waals surface area contributed by atoms with Crippen LogP contribution in [-0.4, -0.2) is 57.3 Å². The van der Waals surface area contributed by atoms with Crippen molar-refractivity contribution in [1.29, 1.82) is 0 Å². The van der Waals surface area contributed by atoms with E-state index in [0.29, 0.717) is 39.0 Å². The number of nitrogens with zero attached hydrogens (tertiary/aromatic N) is 3. The van der Waals surface area contributed by atoms with E-state index < -0.39 is 11.4 Å². The topological polar surface area (TPSA) is 108 Å². The van der Waals surface area contributed by atoms with E-state index in [1.807, 2.05) is 18.2 Å². The molecule has 32 heavy (non-hydrogen) atoms. The second-order valence-electron chi connectivity index (χ2n) is 8.69. The monoisotopic (exact) mass is 442 g/mol. The molecule has 0 aromatic carbocycles. The van der Waals surface area contributed by atoms with E-state index in [1.54, 1.807) is 17.3 Å². The molecule has 1 aliphatic rings. The zero-order valence-corrected chi connectivity index (χ0v) is 18.7. The number of carboxylic acid groups (broad SMARTS) is 1. The highest BCUT2D eigenvalue weighted by molar-refractivity contribution is 5.75. The largest absolute Gasteiger partial charge is 0.492 e. The molecule has 3 rings (SSSR count). The van der Waals surface area contributed by atoms with Crippen LogP contribution in [0, 0.1) is 5.41 Å². The smallest absolute Gasteiger partial charge is 0.309 e. The van der Waals surface area contributed by atoms with Crippen LogP contribution in [0.15, 0.2) is 30.6 Å². The molecule has 0 saturated carbocycles. The van der Waals surface area contributed by atoms with Gasteiger partial charge in [0.2, 0.25) is 6.41 Å². The van der Waals surface area contributed by atoms with Gasteiger partial charge in [0.1, 0.15) is 5.75 Å². The van der Waals surface area contributed by atoms with Crippen molar-refractivity contribution in [2.45, 2.75) is 64.2 Å². The minimum absolute atomic E-state index is 0.554. The summed E-state index contributed by atoms with van der Waals surface area (Å²) in [5.41, 5.74) is 1.36. The average Bonchev–Trinajstić information content (AvgIpc) is 3.32. The Morgan fingerprint density at radius 1 is 1.12 bits per heavy atom. The Labute approximate surface area is 189 Å². The Morgan fingerprint density at radius 2 is 1.88 bits per heavy atom. The third-order valence-corrected chi connectivity index (χ3v) is 6.40. The quantitative estimate of drug-likeness (QED) is 0.340. The van der Waals surface area contributed by atoms with Crippen LogP contribution in [-0.2, 0) is 16.0 Å². The number of carboxylic acids is 1. The van der Waals surface area contributed by atoms with Crippen LogP contribution >= 0.6 is 0 Å². The fraction of sp³-hybridized carbons (Fsp3) is 0.583. The van der Waals surface area contributed by atoms with Gasteiger partial charge in [-0.15, -0.1) is 0 Å². The highest BCUT2D eigenvalue weighted by Crippen LogP contribution is 2.37. The predicted octanol–water partition coefficient (Wildman–Crippen LogP) is 3.83. The lowest BCUT2D eigenvalue weighted by molar-refractivity contribution is -0.153. The van der Waals surface area contributed by atoms with Gasteiger partial charge in [-0.25, -0.2) is 0 Å². The highest BCUT2D eigenvalue weighted by atomic mass is 16.5. The lowest BCUT2D eigenvalue weighted by atomic mass is 9.74. The Balaban J connectivity index is 1.22. The zero-order chi connectivity index (χ0) is 22.7. The minimum atomic E-state index is -0.705. The fourth-order valence-corrected chi connectivity index (χ4v) is 4.27. The molecule has 0 unspecified atom stereocenters. The summed E-state index contributed by atoms with van der Waals surface area (Å²) in [5.74, 6) is 0.0852. The van der Waals surface area contributed by atoms with Crippen molar-refractivity contribution in [2.24, 2.45) is 5.41 Å². The van der Waals surface area contributed by atoms with E-state index in [2.05, 4.69) is 15.2 Å². The highest BCUT2D eigenvalue weighted by Gasteiger charge is 2.40. The summed E-state index contributed by atoms with van der Waals surface area (Å²) in [6.07, 6.45) is 13.2. The Hall–Kier alpha value is -2.90. The zero-order valence-electron chi connectivity index (χ0n) is 18.7. The molecule has 0 radical (unpaired) electrons.